The predicted octanol–water partition coefficient (Wildman–Crippen LogP) is 1.60. The van der Waals surface area contributed by atoms with E-state index in [1.54, 1.807) is 24.3 Å². The van der Waals surface area contributed by atoms with E-state index in [0.717, 1.165) is 17.2 Å². The minimum atomic E-state index is -1.00. The zero-order valence-electron chi connectivity index (χ0n) is 8.50. The van der Waals surface area contributed by atoms with Crippen LogP contribution in [-0.4, -0.2) is 22.5 Å². The number of carbonyl (C=O) groups is 1. The number of carboxylic acid groups (broad SMARTS) is 1. The summed E-state index contributed by atoms with van der Waals surface area (Å²) in [5.41, 5.74) is 1.62. The lowest BCUT2D eigenvalue weighted by atomic mass is 10.1. The van der Waals surface area contributed by atoms with Gasteiger partial charge in [0.2, 0.25) is 6.54 Å². The van der Waals surface area contributed by atoms with E-state index in [1.165, 1.54) is 6.08 Å². The molecule has 16 heavy (non-hydrogen) atoms. The van der Waals surface area contributed by atoms with Gasteiger partial charge in [0, 0.05) is 17.4 Å². The molecule has 0 radical (unpaired) electrons. The first kappa shape index (κ1) is 11.9. The summed E-state index contributed by atoms with van der Waals surface area (Å²) in [5, 5.41) is 18.6. The van der Waals surface area contributed by atoms with Gasteiger partial charge < -0.3 is 5.11 Å². The Kier molecular flexibility index (Phi) is 4.20. The summed E-state index contributed by atoms with van der Waals surface area (Å²) in [6, 6.07) is 6.97. The standard InChI is InChI=1S/C11H11NO4/c13-11(14)6-5-9-1-3-10(4-2-9)7-8-12(15)16/h1-6H,7-8H2,(H,13,14)/b6-5+. The van der Waals surface area contributed by atoms with Crippen molar-refractivity contribution in [3.8, 4) is 0 Å². The highest BCUT2D eigenvalue weighted by molar-refractivity contribution is 5.85. The van der Waals surface area contributed by atoms with E-state index < -0.39 is 5.97 Å². The molecule has 1 aromatic carbocycles. The van der Waals surface area contributed by atoms with Crippen LogP contribution >= 0.6 is 0 Å². The number of hydrogen-bond acceptors (Lipinski definition) is 3. The Morgan fingerprint density at radius 1 is 1.38 bits per heavy atom. The van der Waals surface area contributed by atoms with Crippen molar-refractivity contribution < 1.29 is 14.8 Å². The molecule has 0 aromatic heterocycles. The largest absolute Gasteiger partial charge is 0.478 e. The van der Waals surface area contributed by atoms with Crippen LogP contribution in [0.1, 0.15) is 11.1 Å². The molecule has 0 aliphatic rings. The fourth-order valence-electron chi connectivity index (χ4n) is 1.18. The van der Waals surface area contributed by atoms with Crippen molar-refractivity contribution in [3.05, 3.63) is 51.6 Å². The van der Waals surface area contributed by atoms with E-state index in [4.69, 9.17) is 5.11 Å². The summed E-state index contributed by atoms with van der Waals surface area (Å²) in [6.07, 6.45) is 2.90. The van der Waals surface area contributed by atoms with Crippen LogP contribution in [0.3, 0.4) is 0 Å². The lowest BCUT2D eigenvalue weighted by molar-refractivity contribution is -0.479. The highest BCUT2D eigenvalue weighted by Gasteiger charge is 1.99. The Balaban J connectivity index is 2.60. The van der Waals surface area contributed by atoms with Gasteiger partial charge in [-0.05, 0) is 17.2 Å². The molecule has 1 N–H and O–H groups in total. The van der Waals surface area contributed by atoms with Crippen molar-refractivity contribution in [1.82, 2.24) is 0 Å². The highest BCUT2D eigenvalue weighted by atomic mass is 16.6. The van der Waals surface area contributed by atoms with Crippen molar-refractivity contribution >= 4 is 12.0 Å². The fourth-order valence-corrected chi connectivity index (χ4v) is 1.18. The van der Waals surface area contributed by atoms with Gasteiger partial charge >= 0.3 is 5.97 Å². The van der Waals surface area contributed by atoms with E-state index in [9.17, 15) is 14.9 Å². The van der Waals surface area contributed by atoms with Gasteiger partial charge in [-0.25, -0.2) is 4.79 Å². The van der Waals surface area contributed by atoms with Crippen LogP contribution in [0.15, 0.2) is 30.3 Å². The molecule has 0 fully saturated rings. The average Bonchev–Trinajstić information content (AvgIpc) is 2.25. The summed E-state index contributed by atoms with van der Waals surface area (Å²) < 4.78 is 0. The first-order chi connectivity index (χ1) is 7.58. The number of benzene rings is 1. The third kappa shape index (κ3) is 4.36. The molecule has 0 aliphatic carbocycles. The van der Waals surface area contributed by atoms with Crippen molar-refractivity contribution in [2.24, 2.45) is 0 Å². The first-order valence-electron chi connectivity index (χ1n) is 4.69. The number of rotatable bonds is 5. The molecule has 1 aromatic rings. The van der Waals surface area contributed by atoms with Crippen LogP contribution in [0, 0.1) is 10.1 Å². The molecule has 0 unspecified atom stereocenters. The van der Waals surface area contributed by atoms with Crippen molar-refractivity contribution in [1.29, 1.82) is 0 Å². The Morgan fingerprint density at radius 2 is 2.00 bits per heavy atom. The Labute approximate surface area is 92.2 Å². The predicted molar refractivity (Wildman–Crippen MR) is 58.7 cm³/mol. The van der Waals surface area contributed by atoms with Crippen LogP contribution in [0.25, 0.3) is 6.08 Å². The van der Waals surface area contributed by atoms with Gasteiger partial charge in [0.25, 0.3) is 0 Å². The molecule has 0 saturated carbocycles. The molecule has 1 rings (SSSR count). The molecule has 5 nitrogen and oxygen atoms in total. The van der Waals surface area contributed by atoms with Gasteiger partial charge in [-0.15, -0.1) is 0 Å². The number of aliphatic carboxylic acids is 1. The number of carboxylic acids is 1. The maximum absolute atomic E-state index is 10.3. The molecule has 84 valence electrons. The van der Waals surface area contributed by atoms with E-state index in [0.29, 0.717) is 6.42 Å². The molecular formula is C11H11NO4. The van der Waals surface area contributed by atoms with Crippen LogP contribution in [-0.2, 0) is 11.2 Å². The van der Waals surface area contributed by atoms with Crippen LogP contribution < -0.4 is 0 Å². The lowest BCUT2D eigenvalue weighted by Gasteiger charge is -1.98. The van der Waals surface area contributed by atoms with Gasteiger partial charge in [0.15, 0.2) is 0 Å². The van der Waals surface area contributed by atoms with Crippen LogP contribution in [0.4, 0.5) is 0 Å². The van der Waals surface area contributed by atoms with Crippen molar-refractivity contribution in [2.75, 3.05) is 6.54 Å². The first-order valence-corrected chi connectivity index (χ1v) is 4.69. The average molecular weight is 221 g/mol. The molecule has 0 aliphatic heterocycles. The van der Waals surface area contributed by atoms with Gasteiger partial charge in [-0.3, -0.25) is 10.1 Å². The maximum atomic E-state index is 10.3. The van der Waals surface area contributed by atoms with Gasteiger partial charge in [0.1, 0.15) is 0 Å². The van der Waals surface area contributed by atoms with Crippen molar-refractivity contribution in [3.63, 3.8) is 0 Å². The smallest absolute Gasteiger partial charge is 0.328 e. The molecule has 0 amide bonds. The summed E-state index contributed by atoms with van der Waals surface area (Å²) in [7, 11) is 0. The van der Waals surface area contributed by atoms with E-state index in [2.05, 4.69) is 0 Å². The molecule has 0 saturated heterocycles. The van der Waals surface area contributed by atoms with E-state index in [-0.39, 0.29) is 11.5 Å². The SMILES string of the molecule is O=C(O)/C=C/c1ccc(CC[N+](=O)[O-])cc1. The Morgan fingerprint density at radius 3 is 2.50 bits per heavy atom. The lowest BCUT2D eigenvalue weighted by Crippen LogP contribution is -2.03. The number of hydrogen-bond donors (Lipinski definition) is 1. The van der Waals surface area contributed by atoms with Crippen molar-refractivity contribution in [2.45, 2.75) is 6.42 Å². The second-order valence-electron chi connectivity index (χ2n) is 3.22. The molecular weight excluding hydrogens is 210 g/mol. The molecule has 0 bridgehead atoms. The normalized spacial score (nSPS) is 10.5. The third-order valence-electron chi connectivity index (χ3n) is 1.98. The van der Waals surface area contributed by atoms with Gasteiger partial charge in [0.05, 0.1) is 0 Å². The monoisotopic (exact) mass is 221 g/mol. The third-order valence-corrected chi connectivity index (χ3v) is 1.98. The summed E-state index contributed by atoms with van der Waals surface area (Å²) >= 11 is 0. The quantitative estimate of drug-likeness (QED) is 0.465. The van der Waals surface area contributed by atoms with E-state index in [1.807, 2.05) is 0 Å². The molecule has 0 atom stereocenters. The van der Waals surface area contributed by atoms with Crippen LogP contribution in [0.5, 0.6) is 0 Å². The Hall–Kier alpha value is -2.17. The summed E-state index contributed by atoms with van der Waals surface area (Å²) in [5.74, 6) is -1.00. The summed E-state index contributed by atoms with van der Waals surface area (Å²) in [4.78, 5) is 20.0. The summed E-state index contributed by atoms with van der Waals surface area (Å²) in [6.45, 7) is -0.0929. The van der Waals surface area contributed by atoms with Crippen LogP contribution in [0.2, 0.25) is 0 Å². The second-order valence-corrected chi connectivity index (χ2v) is 3.22. The van der Waals surface area contributed by atoms with E-state index >= 15 is 0 Å². The minimum Gasteiger partial charge on any atom is -0.478 e. The molecule has 0 spiro atoms. The fraction of sp³-hybridized carbons (Fsp3) is 0.182. The zero-order valence-corrected chi connectivity index (χ0v) is 8.50. The topological polar surface area (TPSA) is 80.4 Å². The highest BCUT2D eigenvalue weighted by Crippen LogP contribution is 2.06. The van der Waals surface area contributed by atoms with Gasteiger partial charge in [-0.1, -0.05) is 24.3 Å². The number of nitrogens with zero attached hydrogens (tertiary/aromatic N) is 1. The minimum absolute atomic E-state index is 0.0929. The maximum Gasteiger partial charge on any atom is 0.328 e. The zero-order chi connectivity index (χ0) is 12.0. The molecule has 5 heteroatoms. The second kappa shape index (κ2) is 5.65. The number of nitro groups is 1. The molecule has 0 heterocycles. The van der Waals surface area contributed by atoms with Gasteiger partial charge in [-0.2, -0.15) is 0 Å². The Bertz CT molecular complexity index is 408.